The van der Waals surface area contributed by atoms with Crippen molar-refractivity contribution in [1.82, 2.24) is 9.97 Å². The molecule has 1 aliphatic heterocycles. The topological polar surface area (TPSA) is 72.1 Å². The first kappa shape index (κ1) is 11.2. The van der Waals surface area contributed by atoms with E-state index in [9.17, 15) is 4.79 Å². The molecule has 0 aromatic carbocycles. The predicted octanol–water partition coefficient (Wildman–Crippen LogP) is 1.20. The molecule has 0 radical (unpaired) electrons. The fraction of sp³-hybridized carbons (Fsp3) is 0.250. The van der Waals surface area contributed by atoms with E-state index in [0.29, 0.717) is 4.88 Å². The number of aromatic nitrogens is 2. The zero-order valence-electron chi connectivity index (χ0n) is 9.67. The summed E-state index contributed by atoms with van der Waals surface area (Å²) in [6.45, 7) is 1.70. The maximum atomic E-state index is 11.2. The summed E-state index contributed by atoms with van der Waals surface area (Å²) in [5.41, 5.74) is 7.50. The van der Waals surface area contributed by atoms with Gasteiger partial charge in [0.1, 0.15) is 6.33 Å². The van der Waals surface area contributed by atoms with Gasteiger partial charge in [0, 0.05) is 18.0 Å². The maximum absolute atomic E-state index is 11.2. The van der Waals surface area contributed by atoms with Crippen LogP contribution in [0.1, 0.15) is 20.1 Å². The number of nitrogens with two attached hydrogens (primary N) is 1. The van der Waals surface area contributed by atoms with E-state index in [1.807, 2.05) is 6.07 Å². The number of anilines is 1. The van der Waals surface area contributed by atoms with E-state index in [2.05, 4.69) is 14.9 Å². The Morgan fingerprint density at radius 2 is 2.17 bits per heavy atom. The monoisotopic (exact) mass is 260 g/mol. The van der Waals surface area contributed by atoms with Gasteiger partial charge in [-0.15, -0.1) is 11.3 Å². The minimum Gasteiger partial charge on any atom is -0.365 e. The highest BCUT2D eigenvalue weighted by Crippen LogP contribution is 2.29. The number of carbonyl (C=O) groups is 1. The van der Waals surface area contributed by atoms with Crippen LogP contribution in [0.2, 0.25) is 0 Å². The first-order chi connectivity index (χ1) is 8.74. The average Bonchev–Trinajstić information content (AvgIpc) is 2.82. The van der Waals surface area contributed by atoms with Crippen molar-refractivity contribution in [2.75, 3.05) is 11.4 Å². The molecule has 2 aromatic rings. The third-order valence-electron chi connectivity index (χ3n) is 3.02. The Labute approximate surface area is 108 Å². The standard InChI is InChI=1S/C12H12N4OS/c13-12(17)11-3-8-6-16(2-1-10(8)18-11)9-4-14-7-15-5-9/h3-5,7H,1-2,6H2,(H2,13,17). The lowest BCUT2D eigenvalue weighted by molar-refractivity contribution is 0.100. The van der Waals surface area contributed by atoms with Crippen LogP contribution >= 0.6 is 11.3 Å². The molecule has 0 saturated heterocycles. The highest BCUT2D eigenvalue weighted by Gasteiger charge is 2.20. The molecular weight excluding hydrogens is 248 g/mol. The molecule has 2 aromatic heterocycles. The Balaban J connectivity index is 1.87. The van der Waals surface area contributed by atoms with Crippen molar-refractivity contribution in [2.24, 2.45) is 5.73 Å². The Hall–Kier alpha value is -1.95. The van der Waals surface area contributed by atoms with Crippen LogP contribution < -0.4 is 10.6 Å². The summed E-state index contributed by atoms with van der Waals surface area (Å²) in [6.07, 6.45) is 6.07. The zero-order chi connectivity index (χ0) is 12.5. The van der Waals surface area contributed by atoms with Gasteiger partial charge in [0.2, 0.25) is 0 Å². The van der Waals surface area contributed by atoms with E-state index >= 15 is 0 Å². The molecule has 6 heteroatoms. The van der Waals surface area contributed by atoms with Gasteiger partial charge in [-0.2, -0.15) is 0 Å². The Kier molecular flexibility index (Phi) is 2.71. The number of carbonyl (C=O) groups excluding carboxylic acids is 1. The van der Waals surface area contributed by atoms with Crippen LogP contribution in [0.3, 0.4) is 0 Å². The van der Waals surface area contributed by atoms with E-state index in [1.165, 1.54) is 28.1 Å². The van der Waals surface area contributed by atoms with Gasteiger partial charge < -0.3 is 10.6 Å². The SMILES string of the molecule is NC(=O)c1cc2c(s1)CCN(c1cncnc1)C2. The summed E-state index contributed by atoms with van der Waals surface area (Å²) in [6, 6.07) is 1.90. The number of nitrogens with zero attached hydrogens (tertiary/aromatic N) is 3. The van der Waals surface area contributed by atoms with Gasteiger partial charge in [-0.3, -0.25) is 4.79 Å². The van der Waals surface area contributed by atoms with E-state index < -0.39 is 0 Å². The van der Waals surface area contributed by atoms with Gasteiger partial charge in [-0.05, 0) is 18.1 Å². The van der Waals surface area contributed by atoms with Crippen molar-refractivity contribution in [2.45, 2.75) is 13.0 Å². The molecule has 92 valence electrons. The van der Waals surface area contributed by atoms with Crippen LogP contribution in [0.25, 0.3) is 0 Å². The molecule has 1 aliphatic rings. The summed E-state index contributed by atoms with van der Waals surface area (Å²) < 4.78 is 0. The third-order valence-corrected chi connectivity index (χ3v) is 4.27. The molecule has 5 nitrogen and oxygen atoms in total. The normalized spacial score (nSPS) is 14.3. The Bertz CT molecular complexity index is 581. The molecule has 0 fully saturated rings. The van der Waals surface area contributed by atoms with E-state index in [0.717, 1.165) is 25.2 Å². The lowest BCUT2D eigenvalue weighted by Gasteiger charge is -2.28. The van der Waals surface area contributed by atoms with Crippen molar-refractivity contribution in [3.63, 3.8) is 0 Å². The van der Waals surface area contributed by atoms with E-state index in [-0.39, 0.29) is 5.91 Å². The molecule has 3 rings (SSSR count). The van der Waals surface area contributed by atoms with Crippen molar-refractivity contribution >= 4 is 22.9 Å². The summed E-state index contributed by atoms with van der Waals surface area (Å²) in [5, 5.41) is 0. The number of rotatable bonds is 2. The first-order valence-corrected chi connectivity index (χ1v) is 6.47. The second-order valence-electron chi connectivity index (χ2n) is 4.19. The summed E-state index contributed by atoms with van der Waals surface area (Å²) in [4.78, 5) is 23.3. The molecular formula is C12H12N4OS. The lowest BCUT2D eigenvalue weighted by Crippen LogP contribution is -2.29. The molecule has 0 saturated carbocycles. The summed E-state index contributed by atoms with van der Waals surface area (Å²) in [7, 11) is 0. The summed E-state index contributed by atoms with van der Waals surface area (Å²) >= 11 is 1.51. The highest BCUT2D eigenvalue weighted by atomic mass is 32.1. The Morgan fingerprint density at radius 3 is 2.89 bits per heavy atom. The van der Waals surface area contributed by atoms with Crippen LogP contribution in [0.15, 0.2) is 24.8 Å². The fourth-order valence-electron chi connectivity index (χ4n) is 2.13. The van der Waals surface area contributed by atoms with Crippen LogP contribution in [0, 0.1) is 0 Å². The molecule has 0 unspecified atom stereocenters. The van der Waals surface area contributed by atoms with Gasteiger partial charge in [0.25, 0.3) is 5.91 Å². The quantitative estimate of drug-likeness (QED) is 0.880. The number of amides is 1. The fourth-order valence-corrected chi connectivity index (χ4v) is 3.14. The maximum Gasteiger partial charge on any atom is 0.258 e. The van der Waals surface area contributed by atoms with E-state index in [1.54, 1.807) is 12.4 Å². The number of primary amides is 1. The van der Waals surface area contributed by atoms with Crippen molar-refractivity contribution < 1.29 is 4.79 Å². The van der Waals surface area contributed by atoms with Crippen LogP contribution in [-0.2, 0) is 13.0 Å². The van der Waals surface area contributed by atoms with Gasteiger partial charge in [0.15, 0.2) is 0 Å². The lowest BCUT2D eigenvalue weighted by atomic mass is 10.1. The number of thiophene rings is 1. The van der Waals surface area contributed by atoms with Crippen LogP contribution in [0.4, 0.5) is 5.69 Å². The van der Waals surface area contributed by atoms with Crippen LogP contribution in [-0.4, -0.2) is 22.4 Å². The molecule has 0 spiro atoms. The second-order valence-corrected chi connectivity index (χ2v) is 5.33. The molecule has 2 N–H and O–H groups in total. The first-order valence-electron chi connectivity index (χ1n) is 5.65. The van der Waals surface area contributed by atoms with Gasteiger partial charge in [-0.1, -0.05) is 0 Å². The van der Waals surface area contributed by atoms with Crippen LogP contribution in [0.5, 0.6) is 0 Å². The van der Waals surface area contributed by atoms with E-state index in [4.69, 9.17) is 5.73 Å². The summed E-state index contributed by atoms with van der Waals surface area (Å²) in [5.74, 6) is -0.344. The molecule has 3 heterocycles. The smallest absolute Gasteiger partial charge is 0.258 e. The van der Waals surface area contributed by atoms with Crippen molar-refractivity contribution in [3.05, 3.63) is 40.1 Å². The van der Waals surface area contributed by atoms with Gasteiger partial charge >= 0.3 is 0 Å². The predicted molar refractivity (Wildman–Crippen MR) is 69.6 cm³/mol. The van der Waals surface area contributed by atoms with Crippen molar-refractivity contribution in [1.29, 1.82) is 0 Å². The zero-order valence-corrected chi connectivity index (χ0v) is 10.5. The molecule has 1 amide bonds. The number of hydrogen-bond donors (Lipinski definition) is 1. The molecule has 0 aliphatic carbocycles. The second kappa shape index (κ2) is 4.38. The molecule has 0 bridgehead atoms. The van der Waals surface area contributed by atoms with Gasteiger partial charge in [0.05, 0.1) is 23.0 Å². The highest BCUT2D eigenvalue weighted by molar-refractivity contribution is 7.14. The third kappa shape index (κ3) is 1.95. The van der Waals surface area contributed by atoms with Gasteiger partial charge in [-0.25, -0.2) is 9.97 Å². The molecule has 0 atom stereocenters. The minimum absolute atomic E-state index is 0.344. The molecule has 18 heavy (non-hydrogen) atoms. The largest absolute Gasteiger partial charge is 0.365 e. The minimum atomic E-state index is -0.344. The van der Waals surface area contributed by atoms with Crippen molar-refractivity contribution in [3.8, 4) is 0 Å². The number of fused-ring (bicyclic) bond motifs is 1. The Morgan fingerprint density at radius 1 is 1.39 bits per heavy atom. The average molecular weight is 260 g/mol. The number of hydrogen-bond acceptors (Lipinski definition) is 5.